The average molecular weight is 264 g/mol. The van der Waals surface area contributed by atoms with Gasteiger partial charge in [-0.3, -0.25) is 0 Å². The van der Waals surface area contributed by atoms with E-state index in [-0.39, 0.29) is 6.04 Å². The first kappa shape index (κ1) is 16.2. The van der Waals surface area contributed by atoms with Crippen LogP contribution in [0.3, 0.4) is 0 Å². The van der Waals surface area contributed by atoms with Crippen LogP contribution in [0.5, 0.6) is 0 Å². The highest BCUT2D eigenvalue weighted by Crippen LogP contribution is 2.15. The van der Waals surface area contributed by atoms with Gasteiger partial charge in [-0.1, -0.05) is 36.8 Å². The Morgan fingerprint density at radius 1 is 1.16 bits per heavy atom. The third kappa shape index (κ3) is 6.19. The van der Waals surface area contributed by atoms with Crippen LogP contribution in [0, 0.1) is 6.92 Å². The highest BCUT2D eigenvalue weighted by molar-refractivity contribution is 5.23. The number of likely N-dealkylation sites (N-methyl/N-ethyl adjacent to an activating group) is 1. The molecule has 0 heterocycles. The predicted molar refractivity (Wildman–Crippen MR) is 81.3 cm³/mol. The fourth-order valence-corrected chi connectivity index (χ4v) is 2.07. The number of benzene rings is 1. The van der Waals surface area contributed by atoms with Crippen molar-refractivity contribution in [1.82, 2.24) is 4.90 Å². The third-order valence-corrected chi connectivity index (χ3v) is 3.47. The molecule has 0 radical (unpaired) electrons. The van der Waals surface area contributed by atoms with Gasteiger partial charge in [0.2, 0.25) is 0 Å². The zero-order chi connectivity index (χ0) is 14.1. The van der Waals surface area contributed by atoms with Gasteiger partial charge in [-0.05, 0) is 32.4 Å². The Hall–Kier alpha value is -0.900. The Kier molecular flexibility index (Phi) is 7.72. The number of ether oxygens (including phenoxy) is 1. The van der Waals surface area contributed by atoms with Crippen molar-refractivity contribution in [3.63, 3.8) is 0 Å². The summed E-state index contributed by atoms with van der Waals surface area (Å²) in [6.45, 7) is 11.0. The van der Waals surface area contributed by atoms with Crippen molar-refractivity contribution >= 4 is 0 Å². The largest absolute Gasteiger partial charge is 0.380 e. The van der Waals surface area contributed by atoms with Gasteiger partial charge in [-0.15, -0.1) is 0 Å². The molecular weight excluding hydrogens is 236 g/mol. The van der Waals surface area contributed by atoms with E-state index >= 15 is 0 Å². The van der Waals surface area contributed by atoms with Gasteiger partial charge in [0, 0.05) is 25.7 Å². The molecule has 0 aliphatic rings. The minimum atomic E-state index is 0.127. The van der Waals surface area contributed by atoms with Crippen LogP contribution in [0.1, 0.15) is 37.4 Å². The van der Waals surface area contributed by atoms with Gasteiger partial charge in [0.25, 0.3) is 0 Å². The molecule has 1 aromatic carbocycles. The molecule has 3 heteroatoms. The molecular formula is C16H28N2O. The monoisotopic (exact) mass is 264 g/mol. The molecule has 3 nitrogen and oxygen atoms in total. The molecule has 1 aromatic rings. The summed E-state index contributed by atoms with van der Waals surface area (Å²) >= 11 is 0. The summed E-state index contributed by atoms with van der Waals surface area (Å²) in [4.78, 5) is 2.39. The molecule has 2 N–H and O–H groups in total. The minimum Gasteiger partial charge on any atom is -0.380 e. The van der Waals surface area contributed by atoms with Crippen molar-refractivity contribution in [2.45, 2.75) is 33.2 Å². The summed E-state index contributed by atoms with van der Waals surface area (Å²) in [5.74, 6) is 0. The standard InChI is InChI=1S/C16H28N2O/c1-4-18(12-13-19-5-2)11-10-16(17)15-8-6-14(3)7-9-15/h6-9,16H,4-5,10-13,17H2,1-3H3. The number of hydrogen-bond donors (Lipinski definition) is 1. The number of aryl methyl sites for hydroxylation is 1. The average Bonchev–Trinajstić information content (AvgIpc) is 2.43. The second-order valence-corrected chi connectivity index (χ2v) is 4.94. The molecule has 0 aromatic heterocycles. The predicted octanol–water partition coefficient (Wildman–Crippen LogP) is 2.74. The van der Waals surface area contributed by atoms with Crippen molar-refractivity contribution in [2.24, 2.45) is 5.73 Å². The molecule has 1 atom stereocenters. The van der Waals surface area contributed by atoms with Gasteiger partial charge < -0.3 is 15.4 Å². The van der Waals surface area contributed by atoms with Gasteiger partial charge >= 0.3 is 0 Å². The maximum Gasteiger partial charge on any atom is 0.0593 e. The smallest absolute Gasteiger partial charge is 0.0593 e. The number of hydrogen-bond acceptors (Lipinski definition) is 3. The fourth-order valence-electron chi connectivity index (χ4n) is 2.07. The van der Waals surface area contributed by atoms with E-state index in [0.717, 1.165) is 39.3 Å². The van der Waals surface area contributed by atoms with Gasteiger partial charge in [-0.2, -0.15) is 0 Å². The van der Waals surface area contributed by atoms with Gasteiger partial charge in [0.05, 0.1) is 6.61 Å². The summed E-state index contributed by atoms with van der Waals surface area (Å²) < 4.78 is 5.40. The maximum absolute atomic E-state index is 6.24. The molecule has 0 aliphatic heterocycles. The Morgan fingerprint density at radius 2 is 1.84 bits per heavy atom. The maximum atomic E-state index is 6.24. The van der Waals surface area contributed by atoms with Crippen LogP contribution in [-0.4, -0.2) is 37.7 Å². The van der Waals surface area contributed by atoms with Crippen LogP contribution in [0.4, 0.5) is 0 Å². The molecule has 1 unspecified atom stereocenters. The van der Waals surface area contributed by atoms with Crippen LogP contribution in [0.15, 0.2) is 24.3 Å². The quantitative estimate of drug-likeness (QED) is 0.697. The van der Waals surface area contributed by atoms with Crippen molar-refractivity contribution in [3.8, 4) is 0 Å². The second kappa shape index (κ2) is 9.08. The molecule has 0 amide bonds. The number of nitrogens with two attached hydrogens (primary N) is 1. The highest BCUT2D eigenvalue weighted by atomic mass is 16.5. The van der Waals surface area contributed by atoms with Crippen molar-refractivity contribution < 1.29 is 4.74 Å². The highest BCUT2D eigenvalue weighted by Gasteiger charge is 2.08. The molecule has 0 fully saturated rings. The molecule has 0 saturated heterocycles. The Morgan fingerprint density at radius 3 is 2.42 bits per heavy atom. The van der Waals surface area contributed by atoms with Gasteiger partial charge in [-0.25, -0.2) is 0 Å². The molecule has 0 saturated carbocycles. The SMILES string of the molecule is CCOCCN(CC)CCC(N)c1ccc(C)cc1. The Balaban J connectivity index is 2.34. The molecule has 19 heavy (non-hydrogen) atoms. The van der Waals surface area contributed by atoms with Crippen molar-refractivity contribution in [1.29, 1.82) is 0 Å². The van der Waals surface area contributed by atoms with E-state index in [2.05, 4.69) is 43.0 Å². The lowest BCUT2D eigenvalue weighted by molar-refractivity contribution is 0.114. The van der Waals surface area contributed by atoms with Crippen LogP contribution in [0.2, 0.25) is 0 Å². The van der Waals surface area contributed by atoms with Gasteiger partial charge in [0.1, 0.15) is 0 Å². The van der Waals surface area contributed by atoms with E-state index in [9.17, 15) is 0 Å². The lowest BCUT2D eigenvalue weighted by Gasteiger charge is -2.22. The first-order chi connectivity index (χ1) is 9.17. The molecule has 108 valence electrons. The van der Waals surface area contributed by atoms with E-state index in [4.69, 9.17) is 10.5 Å². The topological polar surface area (TPSA) is 38.5 Å². The van der Waals surface area contributed by atoms with E-state index in [1.165, 1.54) is 11.1 Å². The minimum absolute atomic E-state index is 0.127. The third-order valence-electron chi connectivity index (χ3n) is 3.47. The lowest BCUT2D eigenvalue weighted by atomic mass is 10.0. The second-order valence-electron chi connectivity index (χ2n) is 4.94. The normalized spacial score (nSPS) is 12.9. The summed E-state index contributed by atoms with van der Waals surface area (Å²) in [7, 11) is 0. The summed E-state index contributed by atoms with van der Waals surface area (Å²) in [6.07, 6.45) is 0.989. The number of rotatable bonds is 9. The molecule has 0 bridgehead atoms. The van der Waals surface area contributed by atoms with Crippen LogP contribution >= 0.6 is 0 Å². The number of nitrogens with zero attached hydrogens (tertiary/aromatic N) is 1. The van der Waals surface area contributed by atoms with E-state index in [0.29, 0.717) is 0 Å². The molecule has 0 aliphatic carbocycles. The Bertz CT molecular complexity index is 337. The summed E-state index contributed by atoms with van der Waals surface area (Å²) in [5, 5.41) is 0. The molecule has 0 spiro atoms. The van der Waals surface area contributed by atoms with Gasteiger partial charge in [0.15, 0.2) is 0 Å². The first-order valence-electron chi connectivity index (χ1n) is 7.29. The van der Waals surface area contributed by atoms with E-state index < -0.39 is 0 Å². The van der Waals surface area contributed by atoms with Crippen molar-refractivity contribution in [3.05, 3.63) is 35.4 Å². The van der Waals surface area contributed by atoms with Crippen LogP contribution < -0.4 is 5.73 Å². The first-order valence-corrected chi connectivity index (χ1v) is 7.29. The Labute approximate surface area is 117 Å². The zero-order valence-corrected chi connectivity index (χ0v) is 12.6. The van der Waals surface area contributed by atoms with Crippen LogP contribution in [-0.2, 0) is 4.74 Å². The summed E-state index contributed by atoms with van der Waals surface area (Å²) in [6, 6.07) is 8.65. The van der Waals surface area contributed by atoms with Crippen LogP contribution in [0.25, 0.3) is 0 Å². The summed E-state index contributed by atoms with van der Waals surface area (Å²) in [5.41, 5.74) is 8.75. The molecule has 1 rings (SSSR count). The lowest BCUT2D eigenvalue weighted by Crippen LogP contribution is -2.30. The van der Waals surface area contributed by atoms with Crippen molar-refractivity contribution in [2.75, 3.05) is 32.8 Å². The van der Waals surface area contributed by atoms with E-state index in [1.807, 2.05) is 6.92 Å². The van der Waals surface area contributed by atoms with E-state index in [1.54, 1.807) is 0 Å². The fraction of sp³-hybridized carbons (Fsp3) is 0.625. The zero-order valence-electron chi connectivity index (χ0n) is 12.6.